The molecule has 24 heavy (non-hydrogen) atoms. The van der Waals surface area contributed by atoms with Gasteiger partial charge in [-0.15, -0.1) is 0 Å². The van der Waals surface area contributed by atoms with Crippen LogP contribution in [0.1, 0.15) is 31.9 Å². The molecule has 0 saturated carbocycles. The molecule has 0 aliphatic rings. The van der Waals surface area contributed by atoms with Gasteiger partial charge in [-0.3, -0.25) is 9.59 Å². The third-order valence-electron chi connectivity index (χ3n) is 2.27. The quantitative estimate of drug-likeness (QED) is 0.877. The minimum atomic E-state index is -4.37. The highest BCUT2D eigenvalue weighted by Gasteiger charge is 2.29. The first-order chi connectivity index (χ1) is 11.2. The number of benzene rings is 1. The summed E-state index contributed by atoms with van der Waals surface area (Å²) in [6, 6.07) is 4.49. The van der Waals surface area contributed by atoms with Gasteiger partial charge in [0.15, 0.2) is 0 Å². The SMILES string of the molecule is CC.CC(=O)NCC(=O)NCc1ccc(C(F)(F)F)cc1.COC. The molecule has 0 atom stereocenters. The van der Waals surface area contributed by atoms with Gasteiger partial charge < -0.3 is 15.4 Å². The van der Waals surface area contributed by atoms with Crippen LogP contribution in [0.5, 0.6) is 0 Å². The van der Waals surface area contributed by atoms with Crippen LogP contribution in [0.25, 0.3) is 0 Å². The molecule has 1 aromatic carbocycles. The third-order valence-corrected chi connectivity index (χ3v) is 2.27. The van der Waals surface area contributed by atoms with Crippen LogP contribution in [-0.2, 0) is 27.0 Å². The molecule has 8 heteroatoms. The van der Waals surface area contributed by atoms with Crippen LogP contribution in [-0.4, -0.2) is 32.6 Å². The van der Waals surface area contributed by atoms with Crippen LogP contribution < -0.4 is 10.6 Å². The summed E-state index contributed by atoms with van der Waals surface area (Å²) in [5.41, 5.74) is -0.190. The zero-order valence-electron chi connectivity index (χ0n) is 14.6. The standard InChI is InChI=1S/C12H13F3N2O2.C2H6O.C2H6/c1-8(18)16-7-11(19)17-6-9-2-4-10(5-3-9)12(13,14)15;1-3-2;1-2/h2-5H,6-7H2,1H3,(H,16,18)(H,17,19);1-2H3;1-2H3. The molecule has 2 N–H and O–H groups in total. The molecule has 0 saturated heterocycles. The van der Waals surface area contributed by atoms with Gasteiger partial charge in [0, 0.05) is 27.7 Å². The summed E-state index contributed by atoms with van der Waals surface area (Å²) in [4.78, 5) is 21.8. The summed E-state index contributed by atoms with van der Waals surface area (Å²) in [7, 11) is 3.25. The van der Waals surface area contributed by atoms with Crippen molar-refractivity contribution >= 4 is 11.8 Å². The van der Waals surface area contributed by atoms with Crippen molar-refractivity contribution < 1.29 is 27.5 Å². The molecular weight excluding hydrogens is 325 g/mol. The molecule has 0 fully saturated rings. The highest BCUT2D eigenvalue weighted by Crippen LogP contribution is 2.28. The predicted molar refractivity (Wildman–Crippen MR) is 86.3 cm³/mol. The lowest BCUT2D eigenvalue weighted by molar-refractivity contribution is -0.137. The number of carbonyl (C=O) groups is 2. The Morgan fingerprint density at radius 1 is 1.04 bits per heavy atom. The van der Waals surface area contributed by atoms with E-state index in [4.69, 9.17) is 0 Å². The molecule has 138 valence electrons. The number of amides is 2. The van der Waals surface area contributed by atoms with Crippen LogP contribution in [0, 0.1) is 0 Å². The maximum Gasteiger partial charge on any atom is 0.416 e. The number of halogens is 3. The van der Waals surface area contributed by atoms with E-state index in [2.05, 4.69) is 15.4 Å². The fourth-order valence-electron chi connectivity index (χ4n) is 1.28. The summed E-state index contributed by atoms with van der Waals surface area (Å²) < 4.78 is 41.1. The largest absolute Gasteiger partial charge is 0.416 e. The van der Waals surface area contributed by atoms with Crippen molar-refractivity contribution in [3.8, 4) is 0 Å². The lowest BCUT2D eigenvalue weighted by Crippen LogP contribution is -2.35. The average Bonchev–Trinajstić information content (AvgIpc) is 2.53. The molecule has 2 amide bonds. The van der Waals surface area contributed by atoms with Gasteiger partial charge in [-0.1, -0.05) is 26.0 Å². The molecule has 0 heterocycles. The molecule has 0 aromatic heterocycles. The number of alkyl halides is 3. The highest BCUT2D eigenvalue weighted by atomic mass is 19.4. The number of nitrogens with one attached hydrogen (secondary N) is 2. The second-order valence-corrected chi connectivity index (χ2v) is 4.29. The van der Waals surface area contributed by atoms with E-state index in [0.717, 1.165) is 12.1 Å². The van der Waals surface area contributed by atoms with E-state index >= 15 is 0 Å². The first-order valence-corrected chi connectivity index (χ1v) is 7.28. The van der Waals surface area contributed by atoms with E-state index < -0.39 is 17.6 Å². The molecular formula is C16H25F3N2O3. The molecule has 0 unspecified atom stereocenters. The van der Waals surface area contributed by atoms with E-state index in [1.54, 1.807) is 14.2 Å². The second kappa shape index (κ2) is 13.4. The van der Waals surface area contributed by atoms with E-state index in [1.807, 2.05) is 13.8 Å². The smallest absolute Gasteiger partial charge is 0.388 e. The van der Waals surface area contributed by atoms with Gasteiger partial charge in [0.1, 0.15) is 0 Å². The number of rotatable bonds is 4. The summed E-state index contributed by atoms with van der Waals surface area (Å²) in [6.45, 7) is 5.23. The summed E-state index contributed by atoms with van der Waals surface area (Å²) in [5, 5.41) is 4.79. The topological polar surface area (TPSA) is 67.4 Å². The van der Waals surface area contributed by atoms with Crippen LogP contribution in [0.4, 0.5) is 13.2 Å². The van der Waals surface area contributed by atoms with E-state index in [0.29, 0.717) is 5.56 Å². The third kappa shape index (κ3) is 12.5. The molecule has 0 spiro atoms. The van der Waals surface area contributed by atoms with Gasteiger partial charge in [0.2, 0.25) is 11.8 Å². The van der Waals surface area contributed by atoms with Crippen molar-refractivity contribution in [1.82, 2.24) is 10.6 Å². The maximum atomic E-state index is 12.3. The van der Waals surface area contributed by atoms with Crippen LogP contribution in [0.3, 0.4) is 0 Å². The van der Waals surface area contributed by atoms with Crippen molar-refractivity contribution in [3.05, 3.63) is 35.4 Å². The number of hydrogen-bond acceptors (Lipinski definition) is 3. The molecule has 5 nitrogen and oxygen atoms in total. The van der Waals surface area contributed by atoms with Gasteiger partial charge in [-0.2, -0.15) is 13.2 Å². The van der Waals surface area contributed by atoms with Crippen molar-refractivity contribution in [2.75, 3.05) is 20.8 Å². The first-order valence-electron chi connectivity index (χ1n) is 7.28. The van der Waals surface area contributed by atoms with Gasteiger partial charge in [0.25, 0.3) is 0 Å². The van der Waals surface area contributed by atoms with E-state index in [1.165, 1.54) is 19.1 Å². The number of hydrogen-bond donors (Lipinski definition) is 2. The Balaban J connectivity index is 0. The fraction of sp³-hybridized carbons (Fsp3) is 0.500. The van der Waals surface area contributed by atoms with Crippen LogP contribution in [0.15, 0.2) is 24.3 Å². The van der Waals surface area contributed by atoms with Gasteiger partial charge in [-0.05, 0) is 17.7 Å². The van der Waals surface area contributed by atoms with Gasteiger partial charge in [0.05, 0.1) is 12.1 Å². The zero-order valence-corrected chi connectivity index (χ0v) is 14.6. The fourth-order valence-corrected chi connectivity index (χ4v) is 1.28. The Bertz CT molecular complexity index is 474. The van der Waals surface area contributed by atoms with E-state index in [-0.39, 0.29) is 19.0 Å². The normalized spacial score (nSPS) is 9.67. The predicted octanol–water partition coefficient (Wildman–Crippen LogP) is 2.75. The molecule has 0 aliphatic carbocycles. The van der Waals surface area contributed by atoms with Crippen molar-refractivity contribution in [2.45, 2.75) is 33.5 Å². The molecule has 0 bridgehead atoms. The Kier molecular flexibility index (Phi) is 13.5. The van der Waals surface area contributed by atoms with E-state index in [9.17, 15) is 22.8 Å². The average molecular weight is 350 g/mol. The van der Waals surface area contributed by atoms with Crippen LogP contribution >= 0.6 is 0 Å². The van der Waals surface area contributed by atoms with Gasteiger partial charge in [-0.25, -0.2) is 0 Å². The Hall–Kier alpha value is -2.09. The number of ether oxygens (including phenoxy) is 1. The number of carbonyl (C=O) groups excluding carboxylic acids is 2. The lowest BCUT2D eigenvalue weighted by atomic mass is 10.1. The lowest BCUT2D eigenvalue weighted by Gasteiger charge is -2.08. The van der Waals surface area contributed by atoms with Crippen molar-refractivity contribution in [1.29, 1.82) is 0 Å². The Morgan fingerprint density at radius 3 is 1.88 bits per heavy atom. The summed E-state index contributed by atoms with van der Waals surface area (Å²) >= 11 is 0. The molecule has 1 rings (SSSR count). The minimum absolute atomic E-state index is 0.108. The van der Waals surface area contributed by atoms with Crippen molar-refractivity contribution in [3.63, 3.8) is 0 Å². The molecule has 0 radical (unpaired) electrons. The Labute approximate surface area is 140 Å². The molecule has 0 aliphatic heterocycles. The highest BCUT2D eigenvalue weighted by molar-refractivity contribution is 5.83. The van der Waals surface area contributed by atoms with Crippen LogP contribution in [0.2, 0.25) is 0 Å². The van der Waals surface area contributed by atoms with Crippen molar-refractivity contribution in [2.24, 2.45) is 0 Å². The summed E-state index contributed by atoms with van der Waals surface area (Å²) in [5.74, 6) is -0.736. The first kappa shape index (κ1) is 24.2. The summed E-state index contributed by atoms with van der Waals surface area (Å²) in [6.07, 6.45) is -4.37. The maximum absolute atomic E-state index is 12.3. The zero-order chi connectivity index (χ0) is 19.2. The molecule has 1 aromatic rings. The monoisotopic (exact) mass is 350 g/mol. The Morgan fingerprint density at radius 2 is 1.50 bits per heavy atom. The number of methoxy groups -OCH3 is 1. The van der Waals surface area contributed by atoms with Gasteiger partial charge >= 0.3 is 6.18 Å². The minimum Gasteiger partial charge on any atom is -0.388 e. The second-order valence-electron chi connectivity index (χ2n) is 4.29.